The van der Waals surface area contributed by atoms with E-state index >= 15 is 0 Å². The third-order valence-electron chi connectivity index (χ3n) is 4.43. The molecule has 1 aliphatic rings. The first kappa shape index (κ1) is 17.1. The van der Waals surface area contributed by atoms with Crippen LogP contribution in [0.5, 0.6) is 0 Å². The normalized spacial score (nSPS) is 23.2. The maximum absolute atomic E-state index is 13.5. The Hall–Kier alpha value is -1.78. The van der Waals surface area contributed by atoms with Crippen LogP contribution in [0, 0.1) is 5.41 Å². The number of rotatable bonds is 3. The van der Waals surface area contributed by atoms with E-state index in [4.69, 9.17) is 0 Å². The van der Waals surface area contributed by atoms with Crippen LogP contribution in [0.1, 0.15) is 38.7 Å². The van der Waals surface area contributed by atoms with E-state index in [0.717, 1.165) is 16.1 Å². The molecule has 0 aromatic heterocycles. The Morgan fingerprint density at radius 3 is 2.42 bits per heavy atom. The highest BCUT2D eigenvalue weighted by Crippen LogP contribution is 2.42. The van der Waals surface area contributed by atoms with Crippen molar-refractivity contribution in [2.24, 2.45) is 9.78 Å². The Bertz CT molecular complexity index is 806. The van der Waals surface area contributed by atoms with Crippen molar-refractivity contribution < 1.29 is 9.35 Å². The van der Waals surface area contributed by atoms with Gasteiger partial charge in [0.1, 0.15) is 22.1 Å². The van der Waals surface area contributed by atoms with Crippen LogP contribution in [-0.2, 0) is 14.9 Å². The smallest absolute Gasteiger partial charge is 0.138 e. The van der Waals surface area contributed by atoms with Crippen molar-refractivity contribution in [2.75, 3.05) is 5.75 Å². The maximum atomic E-state index is 13.5. The first-order valence-electron chi connectivity index (χ1n) is 8.22. The average Bonchev–Trinajstić information content (AvgIpc) is 2.54. The number of ketones is 1. The number of fused-ring (bicyclic) bond motifs is 1. The van der Waals surface area contributed by atoms with E-state index in [9.17, 15) is 9.35 Å². The maximum Gasteiger partial charge on any atom is 0.138 e. The molecule has 3 rings (SSSR count). The molecule has 0 bridgehead atoms. The lowest BCUT2D eigenvalue weighted by Crippen LogP contribution is -2.29. The number of Topliss-reactive ketones (excluding diaryl/α,β-unsaturated/α-hetero) is 1. The molecular formula is C20H23NO2S. The van der Waals surface area contributed by atoms with Gasteiger partial charge in [0.2, 0.25) is 0 Å². The molecule has 0 N–H and O–H groups in total. The van der Waals surface area contributed by atoms with Gasteiger partial charge in [0, 0.05) is 17.8 Å². The van der Waals surface area contributed by atoms with Crippen molar-refractivity contribution in [1.29, 1.82) is 0 Å². The number of hydrogen-bond acceptors (Lipinski definition) is 3. The molecular weight excluding hydrogens is 318 g/mol. The van der Waals surface area contributed by atoms with Gasteiger partial charge in [-0.05, 0) is 33.9 Å². The highest BCUT2D eigenvalue weighted by molar-refractivity contribution is 8.00. The highest BCUT2D eigenvalue weighted by Gasteiger charge is 2.35. The van der Waals surface area contributed by atoms with Crippen LogP contribution in [0.4, 0.5) is 5.69 Å². The second-order valence-electron chi connectivity index (χ2n) is 7.34. The number of carbonyl (C=O) groups is 1. The van der Waals surface area contributed by atoms with Crippen molar-refractivity contribution in [2.45, 2.75) is 38.0 Å². The average molecular weight is 341 g/mol. The van der Waals surface area contributed by atoms with Crippen LogP contribution >= 0.6 is 0 Å². The molecule has 0 spiro atoms. The summed E-state index contributed by atoms with van der Waals surface area (Å²) in [4.78, 5) is 13.3. The van der Waals surface area contributed by atoms with Crippen LogP contribution in [0.15, 0.2) is 63.9 Å². The third kappa shape index (κ3) is 3.35. The Morgan fingerprint density at radius 1 is 1.12 bits per heavy atom. The molecule has 0 fully saturated rings. The number of nitrogens with zero attached hydrogens (tertiary/aromatic N) is 1. The van der Waals surface area contributed by atoms with Gasteiger partial charge in [-0.15, -0.1) is 4.36 Å². The summed E-state index contributed by atoms with van der Waals surface area (Å²) < 4.78 is 18.1. The van der Waals surface area contributed by atoms with Crippen LogP contribution in [0.3, 0.4) is 0 Å². The van der Waals surface area contributed by atoms with Gasteiger partial charge in [-0.3, -0.25) is 4.79 Å². The zero-order valence-corrected chi connectivity index (χ0v) is 15.2. The minimum atomic E-state index is -2.55. The quantitative estimate of drug-likeness (QED) is 0.742. The van der Waals surface area contributed by atoms with Gasteiger partial charge in [0.05, 0.1) is 0 Å². The van der Waals surface area contributed by atoms with Gasteiger partial charge in [-0.25, -0.2) is 0 Å². The molecule has 2 aromatic carbocycles. The minimum Gasteiger partial charge on any atom is -0.626 e. The van der Waals surface area contributed by atoms with Gasteiger partial charge < -0.3 is 4.55 Å². The Balaban J connectivity index is 2.04. The zero-order valence-electron chi connectivity index (χ0n) is 14.4. The van der Waals surface area contributed by atoms with Crippen molar-refractivity contribution >= 4 is 21.6 Å². The van der Waals surface area contributed by atoms with Crippen LogP contribution in [0.2, 0.25) is 0 Å². The first-order valence-corrected chi connectivity index (χ1v) is 9.90. The summed E-state index contributed by atoms with van der Waals surface area (Å²) in [5.41, 5.74) is 1.39. The van der Waals surface area contributed by atoms with Gasteiger partial charge in [0.25, 0.3) is 0 Å². The van der Waals surface area contributed by atoms with Gasteiger partial charge >= 0.3 is 0 Å². The highest BCUT2D eigenvalue weighted by atomic mass is 32.3. The first-order chi connectivity index (χ1) is 11.3. The summed E-state index contributed by atoms with van der Waals surface area (Å²) in [5, 5.41) is 0. The summed E-state index contributed by atoms with van der Waals surface area (Å²) in [6.45, 7) is 5.80. The molecule has 0 aliphatic carbocycles. The SMILES string of the molecule is CC(C)(C)C(=O)C[C@H]1C[S+]([O-])(c2ccccc2)=Nc2ccccc21. The van der Waals surface area contributed by atoms with Crippen molar-refractivity contribution in [3.8, 4) is 0 Å². The van der Waals surface area contributed by atoms with E-state index in [-0.39, 0.29) is 11.7 Å². The number of benzene rings is 2. The summed E-state index contributed by atoms with van der Waals surface area (Å²) in [6, 6.07) is 17.2. The van der Waals surface area contributed by atoms with E-state index in [0.29, 0.717) is 12.2 Å². The Labute approximate surface area is 145 Å². The lowest BCUT2D eigenvalue weighted by molar-refractivity contribution is -0.126. The minimum absolute atomic E-state index is 0.0573. The largest absolute Gasteiger partial charge is 0.626 e. The molecule has 2 atom stereocenters. The topological polar surface area (TPSA) is 52.5 Å². The number of hydrogen-bond donors (Lipinski definition) is 0. The lowest BCUT2D eigenvalue weighted by Gasteiger charge is -2.32. The predicted octanol–water partition coefficient (Wildman–Crippen LogP) is 4.95. The van der Waals surface area contributed by atoms with E-state index in [1.165, 1.54) is 0 Å². The van der Waals surface area contributed by atoms with E-state index in [1.54, 1.807) is 0 Å². The molecule has 4 heteroatoms. The summed E-state index contributed by atoms with van der Waals surface area (Å²) >= 11 is 0. The molecule has 1 aliphatic heterocycles. The molecule has 126 valence electrons. The molecule has 1 heterocycles. The third-order valence-corrected chi connectivity index (χ3v) is 6.78. The molecule has 24 heavy (non-hydrogen) atoms. The van der Waals surface area contributed by atoms with Gasteiger partial charge in [-0.2, -0.15) is 0 Å². The van der Waals surface area contributed by atoms with E-state index in [2.05, 4.69) is 4.36 Å². The standard InChI is InChI=1S/C20H23NO2S/c1-20(2,3)19(22)13-15-14-24(23,16-9-5-4-6-10-16)21-18-12-8-7-11-17(15)18/h4-12,15H,13-14H2,1-3H3/t15-,24?/m0/s1. The van der Waals surface area contributed by atoms with Crippen molar-refractivity contribution in [3.05, 3.63) is 60.2 Å². The fourth-order valence-electron chi connectivity index (χ4n) is 2.96. The fourth-order valence-corrected chi connectivity index (χ4v) is 5.24. The second kappa shape index (κ2) is 6.26. The molecule has 0 radical (unpaired) electrons. The lowest BCUT2D eigenvalue weighted by atomic mass is 9.83. The van der Waals surface area contributed by atoms with Gasteiger partial charge in [-0.1, -0.05) is 57.2 Å². The van der Waals surface area contributed by atoms with E-state index in [1.807, 2.05) is 75.4 Å². The monoisotopic (exact) mass is 341 g/mol. The Kier molecular flexibility index (Phi) is 4.45. The summed E-state index contributed by atoms with van der Waals surface area (Å²) in [7, 11) is -2.55. The summed E-state index contributed by atoms with van der Waals surface area (Å²) in [6.07, 6.45) is 0.403. The molecule has 0 amide bonds. The van der Waals surface area contributed by atoms with Crippen LogP contribution < -0.4 is 0 Å². The molecule has 0 saturated carbocycles. The summed E-state index contributed by atoms with van der Waals surface area (Å²) in [5.74, 6) is 0.535. The second-order valence-corrected chi connectivity index (χ2v) is 9.61. The molecule has 2 aromatic rings. The fraction of sp³-hybridized carbons (Fsp3) is 0.350. The molecule has 1 unspecified atom stereocenters. The molecule has 0 saturated heterocycles. The Morgan fingerprint density at radius 2 is 1.75 bits per heavy atom. The van der Waals surface area contributed by atoms with Crippen molar-refractivity contribution in [1.82, 2.24) is 0 Å². The van der Waals surface area contributed by atoms with E-state index < -0.39 is 15.5 Å². The molecule has 3 nitrogen and oxygen atoms in total. The van der Waals surface area contributed by atoms with Crippen molar-refractivity contribution in [3.63, 3.8) is 0 Å². The van der Waals surface area contributed by atoms with Gasteiger partial charge in [0.15, 0.2) is 0 Å². The van der Waals surface area contributed by atoms with Crippen LogP contribution in [0.25, 0.3) is 0 Å². The number of carbonyl (C=O) groups excluding carboxylic acids is 1. The predicted molar refractivity (Wildman–Crippen MR) is 98.1 cm³/mol. The van der Waals surface area contributed by atoms with Crippen LogP contribution in [-0.4, -0.2) is 16.1 Å². The zero-order chi connectivity index (χ0) is 17.4.